The molecule has 2 aromatic rings. The third-order valence-electron chi connectivity index (χ3n) is 3.25. The van der Waals surface area contributed by atoms with Crippen LogP contribution in [0.3, 0.4) is 0 Å². The van der Waals surface area contributed by atoms with Crippen molar-refractivity contribution in [1.29, 1.82) is 0 Å². The zero-order valence-corrected chi connectivity index (χ0v) is 13.0. The Morgan fingerprint density at radius 1 is 1.22 bits per heavy atom. The number of anilines is 1. The first-order valence-electron chi connectivity index (χ1n) is 6.65. The van der Waals surface area contributed by atoms with Crippen LogP contribution in [0.4, 0.5) is 10.5 Å². The molecule has 0 aliphatic heterocycles. The number of nitrogens with zero attached hydrogens (tertiary/aromatic N) is 1. The number of benzene rings is 2. The van der Waals surface area contributed by atoms with Crippen molar-refractivity contribution in [2.45, 2.75) is 6.04 Å². The topological polar surface area (TPSA) is 92.9 Å². The SMILES string of the molecule is COc1cccc(C(C(=O)O)N(C(N)=O)c2ccccc2Cl)c1. The number of ether oxygens (including phenoxy) is 1. The average molecular weight is 335 g/mol. The second-order valence-corrected chi connectivity index (χ2v) is 5.08. The number of carboxylic acid groups (broad SMARTS) is 1. The van der Waals surface area contributed by atoms with Crippen LogP contribution in [-0.2, 0) is 4.79 Å². The van der Waals surface area contributed by atoms with Crippen molar-refractivity contribution >= 4 is 29.3 Å². The maximum atomic E-state index is 11.9. The Hall–Kier alpha value is -2.73. The Bertz CT molecular complexity index is 736. The van der Waals surface area contributed by atoms with Gasteiger partial charge >= 0.3 is 12.0 Å². The lowest BCUT2D eigenvalue weighted by atomic mass is 10.0. The maximum Gasteiger partial charge on any atom is 0.331 e. The summed E-state index contributed by atoms with van der Waals surface area (Å²) in [5.74, 6) is -0.769. The van der Waals surface area contributed by atoms with Crippen molar-refractivity contribution in [2.24, 2.45) is 5.73 Å². The Balaban J connectivity index is 2.58. The number of carboxylic acids is 1. The molecule has 6 nitrogen and oxygen atoms in total. The van der Waals surface area contributed by atoms with Crippen molar-refractivity contribution in [3.63, 3.8) is 0 Å². The molecule has 3 N–H and O–H groups in total. The molecule has 2 aromatic carbocycles. The van der Waals surface area contributed by atoms with Gasteiger partial charge in [0.2, 0.25) is 0 Å². The highest BCUT2D eigenvalue weighted by Gasteiger charge is 2.32. The van der Waals surface area contributed by atoms with Crippen molar-refractivity contribution < 1.29 is 19.4 Å². The predicted molar refractivity (Wildman–Crippen MR) is 86.9 cm³/mol. The standard InChI is InChI=1S/C16H15ClN2O4/c1-23-11-6-4-5-10(9-11)14(15(20)21)19(16(18)22)13-8-3-2-7-12(13)17/h2-9,14H,1H3,(H2,18,22)(H,20,21). The molecule has 120 valence electrons. The van der Waals surface area contributed by atoms with E-state index in [1.165, 1.54) is 19.2 Å². The van der Waals surface area contributed by atoms with Crippen LogP contribution in [0.5, 0.6) is 5.75 Å². The molecule has 0 heterocycles. The maximum absolute atomic E-state index is 11.9. The predicted octanol–water partition coefficient (Wildman–Crippen LogP) is 3.06. The minimum absolute atomic E-state index is 0.219. The van der Waals surface area contributed by atoms with E-state index in [0.717, 1.165) is 4.90 Å². The van der Waals surface area contributed by atoms with Gasteiger partial charge in [0.25, 0.3) is 0 Å². The van der Waals surface area contributed by atoms with Gasteiger partial charge in [-0.15, -0.1) is 0 Å². The first kappa shape index (κ1) is 16.6. The molecule has 2 rings (SSSR count). The number of rotatable bonds is 5. The van der Waals surface area contributed by atoms with Crippen molar-refractivity contribution in [1.82, 2.24) is 0 Å². The van der Waals surface area contributed by atoms with E-state index in [-0.39, 0.29) is 10.7 Å². The lowest BCUT2D eigenvalue weighted by Crippen LogP contribution is -2.42. The third-order valence-corrected chi connectivity index (χ3v) is 3.57. The lowest BCUT2D eigenvalue weighted by molar-refractivity contribution is -0.138. The lowest BCUT2D eigenvalue weighted by Gasteiger charge is -2.28. The highest BCUT2D eigenvalue weighted by Crippen LogP contribution is 2.33. The van der Waals surface area contributed by atoms with Gasteiger partial charge in [-0.2, -0.15) is 0 Å². The summed E-state index contributed by atoms with van der Waals surface area (Å²) in [6.45, 7) is 0. The number of urea groups is 1. The highest BCUT2D eigenvalue weighted by molar-refractivity contribution is 6.33. The number of amides is 2. The number of aliphatic carboxylic acids is 1. The van der Waals surface area contributed by atoms with Crippen LogP contribution in [0.1, 0.15) is 11.6 Å². The van der Waals surface area contributed by atoms with Crippen LogP contribution in [0, 0.1) is 0 Å². The molecule has 0 saturated carbocycles. The van der Waals surface area contributed by atoms with Crippen LogP contribution >= 0.6 is 11.6 Å². The zero-order valence-electron chi connectivity index (χ0n) is 12.3. The van der Waals surface area contributed by atoms with E-state index >= 15 is 0 Å². The number of hydrogen-bond acceptors (Lipinski definition) is 3. The number of carbonyl (C=O) groups is 2. The number of primary amides is 1. The second kappa shape index (κ2) is 7.02. The summed E-state index contributed by atoms with van der Waals surface area (Å²) in [6.07, 6.45) is 0. The third kappa shape index (κ3) is 3.54. The van der Waals surface area contributed by atoms with Crippen LogP contribution in [0.15, 0.2) is 48.5 Å². The quantitative estimate of drug-likeness (QED) is 0.878. The number of para-hydroxylation sites is 1. The van der Waals surface area contributed by atoms with Crippen LogP contribution in [-0.4, -0.2) is 24.2 Å². The van der Waals surface area contributed by atoms with E-state index in [0.29, 0.717) is 11.3 Å². The molecule has 0 bridgehead atoms. The molecule has 0 saturated heterocycles. The van der Waals surface area contributed by atoms with E-state index in [2.05, 4.69) is 0 Å². The van der Waals surface area contributed by atoms with Gasteiger partial charge in [-0.25, -0.2) is 9.59 Å². The van der Waals surface area contributed by atoms with Gasteiger partial charge in [0.15, 0.2) is 6.04 Å². The fraction of sp³-hybridized carbons (Fsp3) is 0.125. The normalized spacial score (nSPS) is 11.6. The van der Waals surface area contributed by atoms with Gasteiger partial charge in [-0.1, -0.05) is 35.9 Å². The molecule has 1 unspecified atom stereocenters. The number of nitrogens with two attached hydrogens (primary N) is 1. The second-order valence-electron chi connectivity index (χ2n) is 4.68. The van der Waals surface area contributed by atoms with Crippen molar-refractivity contribution in [2.75, 3.05) is 12.0 Å². The molecule has 0 aliphatic rings. The minimum atomic E-state index is -1.33. The van der Waals surface area contributed by atoms with E-state index in [1.807, 2.05) is 0 Å². The molecule has 0 fully saturated rings. The first-order valence-corrected chi connectivity index (χ1v) is 7.03. The smallest absolute Gasteiger partial charge is 0.331 e. The molecule has 2 amide bonds. The van der Waals surface area contributed by atoms with E-state index in [1.54, 1.807) is 36.4 Å². The molecule has 23 heavy (non-hydrogen) atoms. The Morgan fingerprint density at radius 3 is 2.48 bits per heavy atom. The summed E-state index contributed by atoms with van der Waals surface area (Å²) in [4.78, 5) is 24.7. The highest BCUT2D eigenvalue weighted by atomic mass is 35.5. The fourth-order valence-corrected chi connectivity index (χ4v) is 2.47. The van der Waals surface area contributed by atoms with E-state index < -0.39 is 18.0 Å². The summed E-state index contributed by atoms with van der Waals surface area (Å²) < 4.78 is 5.10. The van der Waals surface area contributed by atoms with Crippen LogP contribution < -0.4 is 15.4 Å². The van der Waals surface area contributed by atoms with Gasteiger partial charge < -0.3 is 15.6 Å². The molecule has 0 aromatic heterocycles. The van der Waals surface area contributed by atoms with Crippen molar-refractivity contribution in [3.8, 4) is 5.75 Å². The minimum Gasteiger partial charge on any atom is -0.497 e. The molecular weight excluding hydrogens is 320 g/mol. The molecule has 1 atom stereocenters. The van der Waals surface area contributed by atoms with Crippen molar-refractivity contribution in [3.05, 3.63) is 59.1 Å². The Morgan fingerprint density at radius 2 is 1.91 bits per heavy atom. The summed E-state index contributed by atoms with van der Waals surface area (Å²) in [6, 6.07) is 10.6. The molecule has 0 aliphatic carbocycles. The summed E-state index contributed by atoms with van der Waals surface area (Å²) in [7, 11) is 1.47. The van der Waals surface area contributed by atoms with Gasteiger partial charge in [0.1, 0.15) is 5.75 Å². The van der Waals surface area contributed by atoms with Crippen LogP contribution in [0.2, 0.25) is 5.02 Å². The fourth-order valence-electron chi connectivity index (χ4n) is 2.25. The van der Waals surface area contributed by atoms with Gasteiger partial charge in [0.05, 0.1) is 17.8 Å². The largest absolute Gasteiger partial charge is 0.497 e. The monoisotopic (exact) mass is 334 g/mol. The number of methoxy groups -OCH3 is 1. The van der Waals surface area contributed by atoms with Crippen LogP contribution in [0.25, 0.3) is 0 Å². The number of halogens is 1. The summed E-state index contributed by atoms with van der Waals surface area (Å²) in [5.41, 5.74) is 5.98. The Labute approximate surface area is 138 Å². The Kier molecular flexibility index (Phi) is 5.08. The molecule has 0 radical (unpaired) electrons. The van der Waals surface area contributed by atoms with Gasteiger partial charge in [-0.05, 0) is 29.8 Å². The average Bonchev–Trinajstić information content (AvgIpc) is 2.52. The zero-order chi connectivity index (χ0) is 17.0. The summed E-state index contributed by atoms with van der Waals surface area (Å²) >= 11 is 6.09. The molecule has 0 spiro atoms. The first-order chi connectivity index (χ1) is 11.0. The van der Waals surface area contributed by atoms with E-state index in [9.17, 15) is 14.7 Å². The van der Waals surface area contributed by atoms with Gasteiger partial charge in [-0.3, -0.25) is 4.90 Å². The number of carbonyl (C=O) groups excluding carboxylic acids is 1. The van der Waals surface area contributed by atoms with E-state index in [4.69, 9.17) is 22.1 Å². The molecular formula is C16H15ClN2O4. The summed E-state index contributed by atoms with van der Waals surface area (Å²) in [5, 5.41) is 9.85. The van der Waals surface area contributed by atoms with Gasteiger partial charge in [0, 0.05) is 0 Å². The molecule has 7 heteroatoms. The number of hydrogen-bond donors (Lipinski definition) is 2.